The number of hydrogen-bond donors (Lipinski definition) is 1. The van der Waals surface area contributed by atoms with Crippen LogP contribution in [0.15, 0.2) is 72.9 Å². The fourth-order valence-electron chi connectivity index (χ4n) is 5.67. The summed E-state index contributed by atoms with van der Waals surface area (Å²) in [7, 11) is 0. The molecule has 2 aliphatic rings. The Bertz CT molecular complexity index is 1680. The van der Waals surface area contributed by atoms with Gasteiger partial charge < -0.3 is 14.5 Å². The predicted molar refractivity (Wildman–Crippen MR) is 145 cm³/mol. The Labute approximate surface area is 215 Å². The molecular formula is C31H27N5O. The number of carbonyl (C=O) groups excluding carboxylic acids is 1. The Morgan fingerprint density at radius 1 is 0.973 bits per heavy atom. The van der Waals surface area contributed by atoms with Gasteiger partial charge >= 0.3 is 0 Å². The molecule has 1 aliphatic heterocycles. The lowest BCUT2D eigenvalue weighted by Crippen LogP contribution is -2.30. The molecule has 0 unspecified atom stereocenters. The molecule has 1 amide bonds. The van der Waals surface area contributed by atoms with Crippen molar-refractivity contribution >= 4 is 27.8 Å². The van der Waals surface area contributed by atoms with Crippen molar-refractivity contribution in [3.63, 3.8) is 0 Å². The number of rotatable bonds is 5. The first-order valence-electron chi connectivity index (χ1n) is 13.0. The van der Waals surface area contributed by atoms with Crippen molar-refractivity contribution in [2.75, 3.05) is 13.1 Å². The molecule has 6 nitrogen and oxygen atoms in total. The Morgan fingerprint density at radius 2 is 1.78 bits per heavy atom. The number of likely N-dealkylation sites (tertiary alicyclic amines) is 1. The summed E-state index contributed by atoms with van der Waals surface area (Å²) in [5.74, 6) is 1.87. The standard InChI is InChI=1S/C31H27N5O/c32-17-20-1-10-27-29(15-20)36(19-21-12-14-35(18-21)31(37)25-7-8-25)30(34-27)24-5-2-22(3-6-24)26-9-4-23-11-13-33-28(23)16-26/h1-6,9-11,13,15-16,21,25,33H,7-8,12,14,18-19H2/t21-/m1/s1. The second kappa shape index (κ2) is 8.63. The van der Waals surface area contributed by atoms with Gasteiger partial charge in [0.05, 0.1) is 22.7 Å². The number of H-pyrrole nitrogens is 1. The van der Waals surface area contributed by atoms with Crippen molar-refractivity contribution in [3.8, 4) is 28.6 Å². The molecule has 37 heavy (non-hydrogen) atoms. The van der Waals surface area contributed by atoms with Crippen molar-refractivity contribution in [3.05, 3.63) is 78.5 Å². The fraction of sp³-hybridized carbons (Fsp3) is 0.258. The number of fused-ring (bicyclic) bond motifs is 2. The first-order valence-corrected chi connectivity index (χ1v) is 13.0. The highest BCUT2D eigenvalue weighted by Gasteiger charge is 2.36. The second-order valence-corrected chi connectivity index (χ2v) is 10.4. The molecular weight excluding hydrogens is 458 g/mol. The number of imidazole rings is 1. The summed E-state index contributed by atoms with van der Waals surface area (Å²) < 4.78 is 2.26. The van der Waals surface area contributed by atoms with Crippen LogP contribution in [-0.2, 0) is 11.3 Å². The number of nitrogens with zero attached hydrogens (tertiary/aromatic N) is 4. The summed E-state index contributed by atoms with van der Waals surface area (Å²) in [5.41, 5.74) is 6.99. The zero-order chi connectivity index (χ0) is 24.9. The predicted octanol–water partition coefficient (Wildman–Crippen LogP) is 5.98. The maximum atomic E-state index is 12.6. The Balaban J connectivity index is 1.23. The van der Waals surface area contributed by atoms with Gasteiger partial charge in [-0.2, -0.15) is 5.26 Å². The Morgan fingerprint density at radius 3 is 2.59 bits per heavy atom. The smallest absolute Gasteiger partial charge is 0.225 e. The maximum Gasteiger partial charge on any atom is 0.225 e. The van der Waals surface area contributed by atoms with E-state index in [1.165, 1.54) is 10.9 Å². The van der Waals surface area contributed by atoms with Gasteiger partial charge in [0.15, 0.2) is 0 Å². The van der Waals surface area contributed by atoms with E-state index in [0.29, 0.717) is 17.4 Å². The molecule has 0 bridgehead atoms. The van der Waals surface area contributed by atoms with Gasteiger partial charge in [0.1, 0.15) is 5.82 Å². The molecule has 3 heterocycles. The third-order valence-electron chi connectivity index (χ3n) is 7.87. The number of carbonyl (C=O) groups is 1. The summed E-state index contributed by atoms with van der Waals surface area (Å²) in [6.45, 7) is 2.41. The van der Waals surface area contributed by atoms with E-state index in [0.717, 1.165) is 72.4 Å². The normalized spacial score (nSPS) is 17.5. The Kier molecular flexibility index (Phi) is 5.10. The van der Waals surface area contributed by atoms with Gasteiger partial charge in [-0.3, -0.25) is 4.79 Å². The van der Waals surface area contributed by atoms with E-state index in [1.807, 2.05) is 24.4 Å². The van der Waals surface area contributed by atoms with Crippen LogP contribution in [0.25, 0.3) is 44.5 Å². The highest BCUT2D eigenvalue weighted by Crippen LogP contribution is 2.34. The van der Waals surface area contributed by atoms with Crippen LogP contribution in [0, 0.1) is 23.2 Å². The largest absolute Gasteiger partial charge is 0.361 e. The van der Waals surface area contributed by atoms with E-state index in [2.05, 4.69) is 69.1 Å². The fourth-order valence-corrected chi connectivity index (χ4v) is 5.67. The van der Waals surface area contributed by atoms with Crippen LogP contribution in [-0.4, -0.2) is 38.4 Å². The molecule has 182 valence electrons. The zero-order valence-corrected chi connectivity index (χ0v) is 20.5. The second-order valence-electron chi connectivity index (χ2n) is 10.4. The van der Waals surface area contributed by atoms with Crippen molar-refractivity contribution in [1.82, 2.24) is 19.4 Å². The van der Waals surface area contributed by atoms with Crippen molar-refractivity contribution in [1.29, 1.82) is 5.26 Å². The molecule has 1 aliphatic carbocycles. The number of aromatic amines is 1. The van der Waals surface area contributed by atoms with E-state index in [-0.39, 0.29) is 5.92 Å². The molecule has 1 N–H and O–H groups in total. The quantitative estimate of drug-likeness (QED) is 0.333. The number of nitriles is 1. The number of aromatic nitrogens is 3. The summed E-state index contributed by atoms with van der Waals surface area (Å²) in [6.07, 6.45) is 5.05. The van der Waals surface area contributed by atoms with E-state index < -0.39 is 0 Å². The van der Waals surface area contributed by atoms with Crippen LogP contribution in [0.3, 0.4) is 0 Å². The van der Waals surface area contributed by atoms with Gasteiger partial charge in [-0.1, -0.05) is 36.4 Å². The monoisotopic (exact) mass is 485 g/mol. The summed E-state index contributed by atoms with van der Waals surface area (Å²) in [5, 5.41) is 10.7. The van der Waals surface area contributed by atoms with Gasteiger partial charge in [-0.05, 0) is 72.0 Å². The zero-order valence-electron chi connectivity index (χ0n) is 20.5. The van der Waals surface area contributed by atoms with E-state index in [9.17, 15) is 10.1 Å². The molecule has 2 fully saturated rings. The number of hydrogen-bond acceptors (Lipinski definition) is 3. The molecule has 1 saturated carbocycles. The minimum atomic E-state index is 0.262. The molecule has 7 rings (SSSR count). The Hall–Kier alpha value is -4.37. The molecule has 2 aromatic heterocycles. The lowest BCUT2D eigenvalue weighted by molar-refractivity contribution is -0.131. The van der Waals surface area contributed by atoms with Crippen molar-refractivity contribution < 1.29 is 4.79 Å². The molecule has 0 radical (unpaired) electrons. The average molecular weight is 486 g/mol. The van der Waals surface area contributed by atoms with Crippen molar-refractivity contribution in [2.45, 2.75) is 25.8 Å². The highest BCUT2D eigenvalue weighted by molar-refractivity contribution is 5.86. The van der Waals surface area contributed by atoms with Gasteiger partial charge in [-0.25, -0.2) is 4.98 Å². The third kappa shape index (κ3) is 3.97. The topological polar surface area (TPSA) is 77.7 Å². The van der Waals surface area contributed by atoms with Crippen LogP contribution in [0.2, 0.25) is 0 Å². The molecule has 0 spiro atoms. The SMILES string of the molecule is N#Cc1ccc2nc(-c3ccc(-c4ccc5cc[nH]c5c4)cc3)n(C[C@@H]3CCN(C(=O)C4CC4)C3)c2c1. The number of benzene rings is 3. The van der Waals surface area contributed by atoms with Crippen LogP contribution in [0.1, 0.15) is 24.8 Å². The van der Waals surface area contributed by atoms with Crippen molar-refractivity contribution in [2.24, 2.45) is 11.8 Å². The lowest BCUT2D eigenvalue weighted by Gasteiger charge is -2.18. The molecule has 1 atom stereocenters. The highest BCUT2D eigenvalue weighted by atomic mass is 16.2. The molecule has 1 saturated heterocycles. The first kappa shape index (κ1) is 21.9. The summed E-state index contributed by atoms with van der Waals surface area (Å²) in [4.78, 5) is 23.0. The molecule has 5 aromatic rings. The van der Waals surface area contributed by atoms with Gasteiger partial charge in [0.25, 0.3) is 0 Å². The van der Waals surface area contributed by atoms with Gasteiger partial charge in [0.2, 0.25) is 5.91 Å². The average Bonchev–Trinajstić information content (AvgIpc) is 3.33. The summed E-state index contributed by atoms with van der Waals surface area (Å²) in [6, 6.07) is 25.1. The van der Waals surface area contributed by atoms with Crippen LogP contribution >= 0.6 is 0 Å². The number of amides is 1. The third-order valence-corrected chi connectivity index (χ3v) is 7.87. The van der Waals surface area contributed by atoms with E-state index in [1.54, 1.807) is 0 Å². The van der Waals surface area contributed by atoms with Gasteiger partial charge in [-0.15, -0.1) is 0 Å². The van der Waals surface area contributed by atoms with E-state index in [4.69, 9.17) is 4.98 Å². The summed E-state index contributed by atoms with van der Waals surface area (Å²) >= 11 is 0. The van der Waals surface area contributed by atoms with Crippen LogP contribution in [0.5, 0.6) is 0 Å². The van der Waals surface area contributed by atoms with Gasteiger partial charge in [0, 0.05) is 42.8 Å². The minimum Gasteiger partial charge on any atom is -0.361 e. The number of nitrogens with one attached hydrogen (secondary N) is 1. The first-order chi connectivity index (χ1) is 18.2. The molecule has 3 aromatic carbocycles. The lowest BCUT2D eigenvalue weighted by atomic mass is 10.0. The van der Waals surface area contributed by atoms with Crippen LogP contribution in [0.4, 0.5) is 0 Å². The van der Waals surface area contributed by atoms with Crippen LogP contribution < -0.4 is 0 Å². The van der Waals surface area contributed by atoms with E-state index >= 15 is 0 Å². The minimum absolute atomic E-state index is 0.262. The molecule has 6 heteroatoms. The maximum absolute atomic E-state index is 12.6.